The number of benzene rings is 2. The second-order valence-corrected chi connectivity index (χ2v) is 7.56. The molecule has 1 saturated carbocycles. The zero-order chi connectivity index (χ0) is 17.8. The van der Waals surface area contributed by atoms with Crippen LogP contribution in [0.4, 0.5) is 4.39 Å². The van der Waals surface area contributed by atoms with Crippen molar-refractivity contribution in [1.82, 2.24) is 0 Å². The van der Waals surface area contributed by atoms with Crippen molar-refractivity contribution >= 4 is 0 Å². The summed E-state index contributed by atoms with van der Waals surface area (Å²) in [6.45, 7) is 6.34. The summed E-state index contributed by atoms with van der Waals surface area (Å²) < 4.78 is 19.9. The van der Waals surface area contributed by atoms with Crippen molar-refractivity contribution in [3.63, 3.8) is 0 Å². The second-order valence-electron chi connectivity index (χ2n) is 7.56. The lowest BCUT2D eigenvalue weighted by atomic mass is 9.79. The van der Waals surface area contributed by atoms with E-state index < -0.39 is 0 Å². The highest BCUT2D eigenvalue weighted by atomic mass is 19.1. The molecule has 0 aromatic heterocycles. The molecule has 1 aliphatic carbocycles. The average molecular weight is 340 g/mol. The minimum atomic E-state index is -0.289. The van der Waals surface area contributed by atoms with Crippen LogP contribution in [0.1, 0.15) is 64.4 Å². The molecule has 2 heteroatoms. The zero-order valence-corrected chi connectivity index (χ0v) is 15.6. The first-order chi connectivity index (χ1) is 12.1. The van der Waals surface area contributed by atoms with Crippen LogP contribution in [0, 0.1) is 11.7 Å². The van der Waals surface area contributed by atoms with Gasteiger partial charge >= 0.3 is 0 Å². The van der Waals surface area contributed by atoms with Gasteiger partial charge in [0.25, 0.3) is 0 Å². The summed E-state index contributed by atoms with van der Waals surface area (Å²) in [4.78, 5) is 0. The number of rotatable bonds is 5. The molecule has 0 spiro atoms. The topological polar surface area (TPSA) is 9.23 Å². The summed E-state index contributed by atoms with van der Waals surface area (Å²) in [5.74, 6) is 1.61. The van der Waals surface area contributed by atoms with Crippen molar-refractivity contribution in [1.29, 1.82) is 0 Å². The van der Waals surface area contributed by atoms with Crippen LogP contribution in [-0.2, 0) is 0 Å². The van der Waals surface area contributed by atoms with Crippen LogP contribution >= 0.6 is 0 Å². The Kier molecular flexibility index (Phi) is 5.78. The van der Waals surface area contributed by atoms with E-state index in [9.17, 15) is 4.39 Å². The summed E-state index contributed by atoms with van der Waals surface area (Å²) in [5.41, 5.74) is 3.38. The van der Waals surface area contributed by atoms with E-state index >= 15 is 0 Å². The molecule has 0 heterocycles. The molecule has 0 radical (unpaired) electrons. The molecule has 1 unspecified atom stereocenters. The first-order valence-electron chi connectivity index (χ1n) is 9.63. The fraction of sp³-hybridized carbons (Fsp3) is 0.478. The van der Waals surface area contributed by atoms with Crippen molar-refractivity contribution in [2.75, 3.05) is 0 Å². The Morgan fingerprint density at radius 1 is 1.00 bits per heavy atom. The fourth-order valence-electron chi connectivity index (χ4n) is 3.62. The normalized spacial score (nSPS) is 21.8. The third kappa shape index (κ3) is 4.42. The lowest BCUT2D eigenvalue weighted by Gasteiger charge is -2.26. The van der Waals surface area contributed by atoms with Gasteiger partial charge in [-0.1, -0.05) is 57.0 Å². The molecular formula is C23H29FO. The van der Waals surface area contributed by atoms with Gasteiger partial charge in [0, 0.05) is 0 Å². The van der Waals surface area contributed by atoms with Crippen LogP contribution in [0.2, 0.25) is 0 Å². The first-order valence-corrected chi connectivity index (χ1v) is 9.63. The van der Waals surface area contributed by atoms with E-state index in [1.54, 1.807) is 12.1 Å². The van der Waals surface area contributed by atoms with Gasteiger partial charge in [0.1, 0.15) is 0 Å². The Bertz CT molecular complexity index is 684. The van der Waals surface area contributed by atoms with E-state index in [2.05, 4.69) is 31.2 Å². The molecule has 25 heavy (non-hydrogen) atoms. The molecule has 0 amide bonds. The molecule has 2 aromatic carbocycles. The molecule has 3 rings (SSSR count). The van der Waals surface area contributed by atoms with Crippen LogP contribution in [0.5, 0.6) is 5.75 Å². The summed E-state index contributed by atoms with van der Waals surface area (Å²) in [5, 5.41) is 0. The molecule has 2 aromatic rings. The van der Waals surface area contributed by atoms with E-state index in [-0.39, 0.29) is 11.9 Å². The molecule has 134 valence electrons. The molecule has 0 aliphatic heterocycles. The predicted octanol–water partition coefficient (Wildman–Crippen LogP) is 6.96. The monoisotopic (exact) mass is 340 g/mol. The van der Waals surface area contributed by atoms with E-state index in [0.29, 0.717) is 11.7 Å². The third-order valence-corrected chi connectivity index (χ3v) is 5.57. The maximum absolute atomic E-state index is 14.3. The van der Waals surface area contributed by atoms with Gasteiger partial charge in [0.2, 0.25) is 0 Å². The van der Waals surface area contributed by atoms with Crippen molar-refractivity contribution in [3.05, 3.63) is 53.8 Å². The predicted molar refractivity (Wildman–Crippen MR) is 103 cm³/mol. The van der Waals surface area contributed by atoms with Gasteiger partial charge in [0.15, 0.2) is 11.6 Å². The van der Waals surface area contributed by atoms with Crippen molar-refractivity contribution in [2.24, 2.45) is 5.92 Å². The highest BCUT2D eigenvalue weighted by Crippen LogP contribution is 2.36. The third-order valence-electron chi connectivity index (χ3n) is 5.57. The van der Waals surface area contributed by atoms with Gasteiger partial charge in [-0.05, 0) is 66.8 Å². The molecule has 0 N–H and O–H groups in total. The minimum absolute atomic E-state index is 0.0258. The van der Waals surface area contributed by atoms with E-state index in [4.69, 9.17) is 4.74 Å². The molecule has 1 fully saturated rings. The van der Waals surface area contributed by atoms with Crippen LogP contribution < -0.4 is 4.74 Å². The molecule has 0 saturated heterocycles. The van der Waals surface area contributed by atoms with Crippen LogP contribution in [0.3, 0.4) is 0 Å². The van der Waals surface area contributed by atoms with Crippen LogP contribution in [-0.4, -0.2) is 6.10 Å². The maximum Gasteiger partial charge on any atom is 0.165 e. The quantitative estimate of drug-likeness (QED) is 0.571. The summed E-state index contributed by atoms with van der Waals surface area (Å²) >= 11 is 0. The van der Waals surface area contributed by atoms with Gasteiger partial charge in [-0.2, -0.15) is 0 Å². The largest absolute Gasteiger partial charge is 0.488 e. The Hall–Kier alpha value is -1.83. The van der Waals surface area contributed by atoms with Gasteiger partial charge in [-0.25, -0.2) is 4.39 Å². The lowest BCUT2D eigenvalue weighted by Crippen LogP contribution is -2.10. The Balaban J connectivity index is 1.72. The molecule has 1 atom stereocenters. The Morgan fingerprint density at radius 2 is 1.64 bits per heavy atom. The lowest BCUT2D eigenvalue weighted by molar-refractivity contribution is 0.208. The number of hydrogen-bond acceptors (Lipinski definition) is 1. The van der Waals surface area contributed by atoms with E-state index in [1.165, 1.54) is 31.2 Å². The van der Waals surface area contributed by atoms with Gasteiger partial charge < -0.3 is 4.74 Å². The zero-order valence-electron chi connectivity index (χ0n) is 15.6. The second kappa shape index (κ2) is 8.03. The van der Waals surface area contributed by atoms with Gasteiger partial charge in [-0.15, -0.1) is 0 Å². The van der Waals surface area contributed by atoms with Crippen molar-refractivity contribution in [3.8, 4) is 16.9 Å². The summed E-state index contributed by atoms with van der Waals surface area (Å²) in [6.07, 6.45) is 6.12. The number of halogens is 1. The molecular weight excluding hydrogens is 311 g/mol. The Morgan fingerprint density at radius 3 is 2.24 bits per heavy atom. The number of ether oxygens (including phenoxy) is 1. The highest BCUT2D eigenvalue weighted by Gasteiger charge is 2.19. The molecule has 1 nitrogen and oxygen atoms in total. The van der Waals surface area contributed by atoms with Crippen LogP contribution in [0.25, 0.3) is 11.1 Å². The summed E-state index contributed by atoms with van der Waals surface area (Å²) in [6, 6.07) is 13.9. The molecule has 1 aliphatic rings. The molecule has 0 bridgehead atoms. The minimum Gasteiger partial charge on any atom is -0.488 e. The Labute approximate surface area is 151 Å². The smallest absolute Gasteiger partial charge is 0.165 e. The standard InChI is InChI=1S/C23H29FO/c1-4-17(3)25-23-14-13-21(15-22(23)24)20-11-9-19(10-12-20)18-7-5-16(2)6-8-18/h9-18H,4-8H2,1-3H3. The first kappa shape index (κ1) is 18.0. The SMILES string of the molecule is CCC(C)Oc1ccc(-c2ccc(C3CCC(C)CC3)cc2)cc1F. The average Bonchev–Trinajstić information content (AvgIpc) is 2.64. The van der Waals surface area contributed by atoms with Gasteiger partial charge in [0.05, 0.1) is 6.10 Å². The summed E-state index contributed by atoms with van der Waals surface area (Å²) in [7, 11) is 0. The van der Waals surface area contributed by atoms with E-state index in [0.717, 1.165) is 23.5 Å². The van der Waals surface area contributed by atoms with Crippen molar-refractivity contribution < 1.29 is 9.13 Å². The maximum atomic E-state index is 14.3. The van der Waals surface area contributed by atoms with Gasteiger partial charge in [-0.3, -0.25) is 0 Å². The van der Waals surface area contributed by atoms with Crippen LogP contribution in [0.15, 0.2) is 42.5 Å². The number of hydrogen-bond donors (Lipinski definition) is 0. The van der Waals surface area contributed by atoms with Crippen molar-refractivity contribution in [2.45, 2.75) is 64.9 Å². The highest BCUT2D eigenvalue weighted by molar-refractivity contribution is 5.64. The van der Waals surface area contributed by atoms with E-state index in [1.807, 2.05) is 19.9 Å². The fourth-order valence-corrected chi connectivity index (χ4v) is 3.62.